The van der Waals surface area contributed by atoms with Crippen molar-refractivity contribution in [3.05, 3.63) is 30.5 Å². The average Bonchev–Trinajstić information content (AvgIpc) is 2.69. The van der Waals surface area contributed by atoms with Crippen LogP contribution in [-0.4, -0.2) is 47.3 Å². The summed E-state index contributed by atoms with van der Waals surface area (Å²) in [4.78, 5) is 32.8. The normalized spacial score (nSPS) is 10.5. The molecule has 3 N–H and O–H groups in total. The maximum Gasteiger partial charge on any atom is 0.416 e. The van der Waals surface area contributed by atoms with Gasteiger partial charge in [0.2, 0.25) is 0 Å². The summed E-state index contributed by atoms with van der Waals surface area (Å²) in [7, 11) is 1.24. The van der Waals surface area contributed by atoms with Gasteiger partial charge in [0, 0.05) is 19.3 Å². The van der Waals surface area contributed by atoms with Crippen LogP contribution in [0.25, 0.3) is 0 Å². The molecule has 0 unspecified atom stereocenters. The molecule has 0 aliphatic carbocycles. The summed E-state index contributed by atoms with van der Waals surface area (Å²) in [5.74, 6) is 0.278. The van der Waals surface area contributed by atoms with E-state index in [0.29, 0.717) is 13.1 Å². The van der Waals surface area contributed by atoms with Crippen LogP contribution in [-0.2, 0) is 4.74 Å². The van der Waals surface area contributed by atoms with Gasteiger partial charge in [-0.15, -0.1) is 10.2 Å². The second-order valence-electron chi connectivity index (χ2n) is 5.29. The molecule has 2 aromatic rings. The first-order valence-electron chi connectivity index (χ1n) is 8.43. The Hall–Kier alpha value is -3.76. The van der Waals surface area contributed by atoms with Gasteiger partial charge in [0.05, 0.1) is 7.11 Å². The summed E-state index contributed by atoms with van der Waals surface area (Å²) >= 11 is 0. The van der Waals surface area contributed by atoms with Gasteiger partial charge in [-0.05, 0) is 38.1 Å². The van der Waals surface area contributed by atoms with Crippen LogP contribution in [0, 0.1) is 0 Å². The van der Waals surface area contributed by atoms with Crippen molar-refractivity contribution in [2.45, 2.75) is 13.8 Å². The molecule has 0 aromatic carbocycles. The molecule has 0 saturated heterocycles. The molecule has 0 aliphatic rings. The first-order chi connectivity index (χ1) is 13.5. The molecule has 2 rings (SSSR count). The highest BCUT2D eigenvalue weighted by Gasteiger charge is 2.15. The molecule has 0 atom stereocenters. The van der Waals surface area contributed by atoms with Crippen LogP contribution in [0.3, 0.4) is 0 Å². The Morgan fingerprint density at radius 2 is 1.89 bits per heavy atom. The predicted molar refractivity (Wildman–Crippen MR) is 102 cm³/mol. The number of nitrogens with two attached hydrogens (primary N) is 1. The molecule has 0 radical (unpaired) electrons. The second-order valence-corrected chi connectivity index (χ2v) is 5.29. The van der Waals surface area contributed by atoms with Crippen LogP contribution in [0.4, 0.5) is 32.6 Å². The Bertz CT molecular complexity index is 868. The van der Waals surface area contributed by atoms with Gasteiger partial charge in [-0.2, -0.15) is 0 Å². The predicted octanol–water partition coefficient (Wildman–Crippen LogP) is 3.49. The molecule has 2 amide bonds. The third-order valence-electron chi connectivity index (χ3n) is 3.54. The summed E-state index contributed by atoms with van der Waals surface area (Å²) in [5, 5.41) is 10.5. The molecule has 11 heteroatoms. The molecular formula is C17H21N7O4. The fourth-order valence-electron chi connectivity index (χ4n) is 2.05. The van der Waals surface area contributed by atoms with Gasteiger partial charge in [0.1, 0.15) is 17.2 Å². The van der Waals surface area contributed by atoms with E-state index in [0.717, 1.165) is 0 Å². The summed E-state index contributed by atoms with van der Waals surface area (Å²) in [5.41, 5.74) is 6.35. The first-order valence-corrected chi connectivity index (χ1v) is 8.43. The van der Waals surface area contributed by atoms with E-state index < -0.39 is 12.2 Å². The number of anilines is 2. The lowest BCUT2D eigenvalue weighted by molar-refractivity contribution is 0.155. The maximum atomic E-state index is 12.1. The fraction of sp³-hybridized carbons (Fsp3) is 0.294. The number of aromatic nitrogens is 2. The molecule has 0 saturated carbocycles. The topological polar surface area (TPSA) is 144 Å². The van der Waals surface area contributed by atoms with Crippen molar-refractivity contribution in [1.29, 1.82) is 0 Å². The van der Waals surface area contributed by atoms with Gasteiger partial charge >= 0.3 is 12.2 Å². The van der Waals surface area contributed by atoms with E-state index in [2.05, 4.69) is 30.3 Å². The highest BCUT2D eigenvalue weighted by molar-refractivity contribution is 5.84. The summed E-state index contributed by atoms with van der Waals surface area (Å²) < 4.78 is 9.78. The number of nitrogens with zero attached hydrogens (tertiary/aromatic N) is 5. The van der Waals surface area contributed by atoms with Gasteiger partial charge in [-0.25, -0.2) is 19.6 Å². The number of pyridine rings is 2. The number of rotatable bonds is 6. The number of ether oxygens (including phenoxy) is 2. The fourth-order valence-corrected chi connectivity index (χ4v) is 2.05. The van der Waals surface area contributed by atoms with Gasteiger partial charge in [0.15, 0.2) is 5.82 Å². The van der Waals surface area contributed by atoms with Crippen LogP contribution in [0.1, 0.15) is 13.8 Å². The molecule has 2 aromatic heterocycles. The van der Waals surface area contributed by atoms with Crippen LogP contribution in [0.2, 0.25) is 0 Å². The van der Waals surface area contributed by atoms with Crippen molar-refractivity contribution in [2.24, 2.45) is 10.2 Å². The van der Waals surface area contributed by atoms with Gasteiger partial charge in [0.25, 0.3) is 5.88 Å². The smallest absolute Gasteiger partial charge is 0.416 e. The molecule has 2 heterocycles. The molecule has 0 aliphatic heterocycles. The number of nitrogen functional groups attached to an aromatic ring is 1. The molecule has 0 spiro atoms. The highest BCUT2D eigenvalue weighted by atomic mass is 16.6. The molecule has 11 nitrogen and oxygen atoms in total. The SMILES string of the molecule is CCN(CC)C(=O)Oc1ncccc1/N=N/c1ccc(NC(=O)OC)nc1N. The van der Waals surface area contributed by atoms with E-state index >= 15 is 0 Å². The Morgan fingerprint density at radius 3 is 2.54 bits per heavy atom. The van der Waals surface area contributed by atoms with Gasteiger partial charge < -0.3 is 20.1 Å². The minimum Gasteiger partial charge on any atom is -0.453 e. The first kappa shape index (κ1) is 20.6. The zero-order chi connectivity index (χ0) is 20.5. The Labute approximate surface area is 161 Å². The monoisotopic (exact) mass is 387 g/mol. The van der Waals surface area contributed by atoms with E-state index in [4.69, 9.17) is 10.5 Å². The molecule has 0 fully saturated rings. The molecular weight excluding hydrogens is 366 g/mol. The van der Waals surface area contributed by atoms with Crippen molar-refractivity contribution in [3.8, 4) is 5.88 Å². The number of carbonyl (C=O) groups excluding carboxylic acids is 2. The minimum atomic E-state index is -0.670. The standard InChI is InChI=1S/C17H21N7O4/c1-4-24(5-2)17(26)28-15-12(7-6-10-19-15)23-22-11-8-9-13(20-14(11)18)21-16(25)27-3/h6-10H,4-5H2,1-3H3,(H3,18,20,21,25)/b23-22+. The van der Waals surface area contributed by atoms with E-state index in [1.165, 1.54) is 30.3 Å². The lowest BCUT2D eigenvalue weighted by atomic mass is 10.4. The van der Waals surface area contributed by atoms with E-state index in [1.807, 2.05) is 13.8 Å². The van der Waals surface area contributed by atoms with E-state index in [9.17, 15) is 9.59 Å². The number of hydrogen-bond acceptors (Lipinski definition) is 9. The number of azo groups is 1. The van der Waals surface area contributed by atoms with E-state index in [-0.39, 0.29) is 28.9 Å². The average molecular weight is 387 g/mol. The maximum absolute atomic E-state index is 12.1. The Kier molecular flexibility index (Phi) is 7.20. The number of methoxy groups -OCH3 is 1. The molecule has 0 bridgehead atoms. The Balaban J connectivity index is 2.18. The number of nitrogens with one attached hydrogen (secondary N) is 1. The van der Waals surface area contributed by atoms with Gasteiger partial charge in [-0.1, -0.05) is 0 Å². The molecule has 28 heavy (non-hydrogen) atoms. The number of hydrogen-bond donors (Lipinski definition) is 2. The summed E-state index contributed by atoms with van der Waals surface area (Å²) in [6.45, 7) is 4.71. The lowest BCUT2D eigenvalue weighted by Crippen LogP contribution is -2.33. The van der Waals surface area contributed by atoms with Crippen molar-refractivity contribution < 1.29 is 19.1 Å². The van der Waals surface area contributed by atoms with Crippen molar-refractivity contribution in [3.63, 3.8) is 0 Å². The number of carbonyl (C=O) groups is 2. The van der Waals surface area contributed by atoms with Gasteiger partial charge in [-0.3, -0.25) is 5.32 Å². The minimum absolute atomic E-state index is 0.0265. The third-order valence-corrected chi connectivity index (χ3v) is 3.54. The van der Waals surface area contributed by atoms with Crippen molar-refractivity contribution in [1.82, 2.24) is 14.9 Å². The van der Waals surface area contributed by atoms with Crippen LogP contribution < -0.4 is 15.8 Å². The third kappa shape index (κ3) is 5.37. The zero-order valence-corrected chi connectivity index (χ0v) is 15.7. The van der Waals surface area contributed by atoms with Crippen molar-refractivity contribution in [2.75, 3.05) is 31.2 Å². The lowest BCUT2D eigenvalue weighted by Gasteiger charge is -2.17. The summed E-state index contributed by atoms with van der Waals surface area (Å²) in [6, 6.07) is 6.24. The zero-order valence-electron chi connectivity index (χ0n) is 15.7. The van der Waals surface area contributed by atoms with Crippen LogP contribution in [0.5, 0.6) is 5.88 Å². The largest absolute Gasteiger partial charge is 0.453 e. The van der Waals surface area contributed by atoms with E-state index in [1.54, 1.807) is 12.1 Å². The molecule has 148 valence electrons. The highest BCUT2D eigenvalue weighted by Crippen LogP contribution is 2.29. The quantitative estimate of drug-likeness (QED) is 0.722. The second kappa shape index (κ2) is 9.80. The van der Waals surface area contributed by atoms with Crippen LogP contribution >= 0.6 is 0 Å². The number of amides is 2. The van der Waals surface area contributed by atoms with Crippen molar-refractivity contribution >= 4 is 35.2 Å². The van der Waals surface area contributed by atoms with Crippen LogP contribution in [0.15, 0.2) is 40.7 Å². The summed E-state index contributed by atoms with van der Waals surface area (Å²) in [6.07, 6.45) is 0.281. The Morgan fingerprint density at radius 1 is 1.18 bits per heavy atom.